The van der Waals surface area contributed by atoms with Crippen LogP contribution in [0.1, 0.15) is 49.1 Å². The van der Waals surface area contributed by atoms with Crippen molar-refractivity contribution in [1.82, 2.24) is 4.98 Å². The SMILES string of the molecule is CCCc1nc(COc2ccc([C@H](O)CC)cc2)cs1. The Morgan fingerprint density at radius 2 is 2.00 bits per heavy atom. The lowest BCUT2D eigenvalue weighted by Crippen LogP contribution is -1.98. The molecule has 1 heterocycles. The summed E-state index contributed by atoms with van der Waals surface area (Å²) in [6.45, 7) is 4.62. The molecule has 0 radical (unpaired) electrons. The second-order valence-electron chi connectivity index (χ2n) is 4.76. The Labute approximate surface area is 124 Å². The van der Waals surface area contributed by atoms with E-state index in [4.69, 9.17) is 4.74 Å². The van der Waals surface area contributed by atoms with Crippen molar-refractivity contribution in [3.05, 3.63) is 45.9 Å². The van der Waals surface area contributed by atoms with E-state index in [2.05, 4.69) is 17.3 Å². The Balaban J connectivity index is 1.89. The monoisotopic (exact) mass is 291 g/mol. The molecule has 3 nitrogen and oxygen atoms in total. The number of rotatable bonds is 7. The fourth-order valence-corrected chi connectivity index (χ4v) is 2.81. The average molecular weight is 291 g/mol. The molecule has 0 saturated carbocycles. The quantitative estimate of drug-likeness (QED) is 0.834. The molecule has 20 heavy (non-hydrogen) atoms. The largest absolute Gasteiger partial charge is 0.487 e. The summed E-state index contributed by atoms with van der Waals surface area (Å²) in [5, 5.41) is 13.0. The highest BCUT2D eigenvalue weighted by Crippen LogP contribution is 2.21. The molecule has 0 fully saturated rings. The Kier molecular flexibility index (Phi) is 5.56. The summed E-state index contributed by atoms with van der Waals surface area (Å²) in [4.78, 5) is 4.53. The third-order valence-corrected chi connectivity index (χ3v) is 4.06. The number of nitrogens with zero attached hydrogens (tertiary/aromatic N) is 1. The van der Waals surface area contributed by atoms with Gasteiger partial charge in [-0.2, -0.15) is 0 Å². The van der Waals surface area contributed by atoms with Crippen molar-refractivity contribution in [2.24, 2.45) is 0 Å². The van der Waals surface area contributed by atoms with Crippen molar-refractivity contribution in [3.8, 4) is 5.75 Å². The highest BCUT2D eigenvalue weighted by Gasteiger charge is 2.05. The van der Waals surface area contributed by atoms with Crippen molar-refractivity contribution < 1.29 is 9.84 Å². The second kappa shape index (κ2) is 7.41. The number of benzene rings is 1. The van der Waals surface area contributed by atoms with Crippen LogP contribution in [-0.2, 0) is 13.0 Å². The van der Waals surface area contributed by atoms with E-state index in [9.17, 15) is 5.11 Å². The van der Waals surface area contributed by atoms with Crippen molar-refractivity contribution >= 4 is 11.3 Å². The molecule has 0 saturated heterocycles. The molecule has 2 rings (SSSR count). The van der Waals surface area contributed by atoms with Crippen LogP contribution in [0.3, 0.4) is 0 Å². The maximum absolute atomic E-state index is 9.73. The van der Waals surface area contributed by atoms with Gasteiger partial charge in [0.15, 0.2) is 0 Å². The fourth-order valence-electron chi connectivity index (χ4n) is 1.92. The first-order valence-electron chi connectivity index (χ1n) is 7.07. The average Bonchev–Trinajstić information content (AvgIpc) is 2.93. The van der Waals surface area contributed by atoms with Gasteiger partial charge >= 0.3 is 0 Å². The summed E-state index contributed by atoms with van der Waals surface area (Å²) < 4.78 is 5.71. The Hall–Kier alpha value is -1.39. The predicted octanol–water partition coefficient (Wildman–Crippen LogP) is 4.12. The van der Waals surface area contributed by atoms with Gasteiger partial charge in [-0.15, -0.1) is 11.3 Å². The number of ether oxygens (including phenoxy) is 1. The van der Waals surface area contributed by atoms with Crippen LogP contribution in [0.4, 0.5) is 0 Å². The molecule has 4 heteroatoms. The molecule has 0 amide bonds. The van der Waals surface area contributed by atoms with Crippen LogP contribution < -0.4 is 4.74 Å². The van der Waals surface area contributed by atoms with Gasteiger partial charge in [-0.05, 0) is 37.0 Å². The van der Waals surface area contributed by atoms with Gasteiger partial charge in [0.25, 0.3) is 0 Å². The van der Waals surface area contributed by atoms with E-state index in [0.717, 1.165) is 36.3 Å². The molecule has 0 aliphatic heterocycles. The van der Waals surface area contributed by atoms with Crippen molar-refractivity contribution in [1.29, 1.82) is 0 Å². The van der Waals surface area contributed by atoms with Gasteiger partial charge in [-0.1, -0.05) is 26.0 Å². The van der Waals surface area contributed by atoms with Gasteiger partial charge in [0.05, 0.1) is 16.8 Å². The number of aliphatic hydroxyl groups excluding tert-OH is 1. The first-order chi connectivity index (χ1) is 9.72. The highest BCUT2D eigenvalue weighted by atomic mass is 32.1. The molecule has 0 unspecified atom stereocenters. The van der Waals surface area contributed by atoms with E-state index < -0.39 is 0 Å². The molecular formula is C16H21NO2S. The highest BCUT2D eigenvalue weighted by molar-refractivity contribution is 7.09. The van der Waals surface area contributed by atoms with E-state index in [0.29, 0.717) is 6.61 Å². The van der Waals surface area contributed by atoms with Crippen molar-refractivity contribution in [2.45, 2.75) is 45.8 Å². The van der Waals surface area contributed by atoms with E-state index in [-0.39, 0.29) is 6.10 Å². The van der Waals surface area contributed by atoms with Crippen LogP contribution in [-0.4, -0.2) is 10.1 Å². The van der Waals surface area contributed by atoms with Gasteiger partial charge in [0.1, 0.15) is 12.4 Å². The van der Waals surface area contributed by atoms with Crippen LogP contribution in [0, 0.1) is 0 Å². The molecule has 1 aromatic heterocycles. The number of aromatic nitrogens is 1. The Morgan fingerprint density at radius 1 is 1.25 bits per heavy atom. The fraction of sp³-hybridized carbons (Fsp3) is 0.438. The third kappa shape index (κ3) is 4.05. The zero-order chi connectivity index (χ0) is 14.4. The van der Waals surface area contributed by atoms with Crippen LogP contribution in [0.2, 0.25) is 0 Å². The number of aliphatic hydroxyl groups is 1. The normalized spacial score (nSPS) is 12.3. The molecule has 2 aromatic rings. The lowest BCUT2D eigenvalue weighted by molar-refractivity contribution is 0.173. The standard InChI is InChI=1S/C16H21NO2S/c1-3-5-16-17-13(11-20-16)10-19-14-8-6-12(7-9-14)15(18)4-2/h6-9,11,15,18H,3-5,10H2,1-2H3/t15-/m1/s1. The molecule has 0 spiro atoms. The van der Waals surface area contributed by atoms with Crippen LogP contribution >= 0.6 is 11.3 Å². The molecule has 0 aliphatic carbocycles. The lowest BCUT2D eigenvalue weighted by Gasteiger charge is -2.09. The number of hydrogen-bond acceptors (Lipinski definition) is 4. The van der Waals surface area contributed by atoms with Crippen molar-refractivity contribution in [3.63, 3.8) is 0 Å². The van der Waals surface area contributed by atoms with Gasteiger partial charge in [0, 0.05) is 5.38 Å². The molecular weight excluding hydrogens is 270 g/mol. The minimum atomic E-state index is -0.390. The molecule has 1 aromatic carbocycles. The third-order valence-electron chi connectivity index (χ3n) is 3.10. The molecule has 0 bridgehead atoms. The summed E-state index contributed by atoms with van der Waals surface area (Å²) in [6.07, 6.45) is 2.49. The smallest absolute Gasteiger partial charge is 0.131 e. The Bertz CT molecular complexity index is 522. The van der Waals surface area contributed by atoms with E-state index in [1.807, 2.05) is 31.2 Å². The zero-order valence-electron chi connectivity index (χ0n) is 12.0. The summed E-state index contributed by atoms with van der Waals surface area (Å²) in [7, 11) is 0. The second-order valence-corrected chi connectivity index (χ2v) is 5.71. The maximum Gasteiger partial charge on any atom is 0.131 e. The molecule has 1 N–H and O–H groups in total. The van der Waals surface area contributed by atoms with E-state index >= 15 is 0 Å². The van der Waals surface area contributed by atoms with Gasteiger partial charge in [-0.3, -0.25) is 0 Å². The predicted molar refractivity (Wildman–Crippen MR) is 82.1 cm³/mol. The van der Waals surface area contributed by atoms with Crippen LogP contribution in [0.5, 0.6) is 5.75 Å². The molecule has 1 atom stereocenters. The summed E-state index contributed by atoms with van der Waals surface area (Å²) in [5.74, 6) is 0.807. The Morgan fingerprint density at radius 3 is 2.65 bits per heavy atom. The summed E-state index contributed by atoms with van der Waals surface area (Å²) in [6, 6.07) is 7.61. The lowest BCUT2D eigenvalue weighted by atomic mass is 10.1. The summed E-state index contributed by atoms with van der Waals surface area (Å²) >= 11 is 1.69. The zero-order valence-corrected chi connectivity index (χ0v) is 12.8. The van der Waals surface area contributed by atoms with Crippen LogP contribution in [0.25, 0.3) is 0 Å². The number of aryl methyl sites for hydroxylation is 1. The van der Waals surface area contributed by atoms with E-state index in [1.165, 1.54) is 5.01 Å². The maximum atomic E-state index is 9.73. The van der Waals surface area contributed by atoms with Gasteiger partial charge in [0.2, 0.25) is 0 Å². The minimum Gasteiger partial charge on any atom is -0.487 e. The molecule has 0 aliphatic rings. The van der Waals surface area contributed by atoms with Crippen LogP contribution in [0.15, 0.2) is 29.6 Å². The van der Waals surface area contributed by atoms with E-state index in [1.54, 1.807) is 11.3 Å². The summed E-state index contributed by atoms with van der Waals surface area (Å²) in [5.41, 5.74) is 1.91. The first-order valence-corrected chi connectivity index (χ1v) is 7.95. The van der Waals surface area contributed by atoms with Gasteiger partial charge < -0.3 is 9.84 Å². The first kappa shape index (κ1) is 15.0. The molecule has 108 valence electrons. The topological polar surface area (TPSA) is 42.4 Å². The van der Waals surface area contributed by atoms with Gasteiger partial charge in [-0.25, -0.2) is 4.98 Å². The van der Waals surface area contributed by atoms with Crippen molar-refractivity contribution in [2.75, 3.05) is 0 Å². The minimum absolute atomic E-state index is 0.390. The number of thiazole rings is 1. The number of hydrogen-bond donors (Lipinski definition) is 1.